The second-order valence-corrected chi connectivity index (χ2v) is 4.25. The number of aliphatic hydroxyl groups excluding tert-OH is 1. The molecule has 0 fully saturated rings. The summed E-state index contributed by atoms with van der Waals surface area (Å²) in [5.41, 5.74) is 0.651. The molecular formula is C14H18N2O4. The number of aliphatic hydroxyl groups is 1. The summed E-state index contributed by atoms with van der Waals surface area (Å²) in [6.07, 6.45) is 1.74. The summed E-state index contributed by atoms with van der Waals surface area (Å²) < 4.78 is 16.0. The first-order valence-corrected chi connectivity index (χ1v) is 6.49. The number of para-hydroxylation sites is 1. The van der Waals surface area contributed by atoms with E-state index in [1.807, 2.05) is 0 Å². The van der Waals surface area contributed by atoms with Crippen LogP contribution < -0.4 is 9.47 Å². The Hall–Kier alpha value is -2.08. The molecular weight excluding hydrogens is 260 g/mol. The van der Waals surface area contributed by atoms with E-state index >= 15 is 0 Å². The summed E-state index contributed by atoms with van der Waals surface area (Å²) >= 11 is 0. The van der Waals surface area contributed by atoms with Crippen LogP contribution in [0.3, 0.4) is 0 Å². The SMILES string of the molecule is CCCc1noc(COc2c(CO)cccc2OC)n1. The molecule has 20 heavy (non-hydrogen) atoms. The molecule has 0 bridgehead atoms. The number of benzene rings is 1. The van der Waals surface area contributed by atoms with E-state index in [2.05, 4.69) is 17.1 Å². The highest BCUT2D eigenvalue weighted by molar-refractivity contribution is 5.46. The predicted molar refractivity (Wildman–Crippen MR) is 71.5 cm³/mol. The minimum absolute atomic E-state index is 0.128. The number of rotatable bonds is 7. The molecule has 1 N–H and O–H groups in total. The van der Waals surface area contributed by atoms with Crippen LogP contribution in [0.4, 0.5) is 0 Å². The summed E-state index contributed by atoms with van der Waals surface area (Å²) in [5, 5.41) is 13.2. The van der Waals surface area contributed by atoms with E-state index in [1.54, 1.807) is 25.3 Å². The normalized spacial score (nSPS) is 10.6. The number of aromatic nitrogens is 2. The second-order valence-electron chi connectivity index (χ2n) is 4.25. The summed E-state index contributed by atoms with van der Waals surface area (Å²) in [7, 11) is 1.55. The van der Waals surface area contributed by atoms with Crippen LogP contribution in [0.2, 0.25) is 0 Å². The molecule has 2 rings (SSSR count). The molecule has 0 radical (unpaired) electrons. The summed E-state index contributed by atoms with van der Waals surface area (Å²) in [5.74, 6) is 2.13. The molecule has 108 valence electrons. The molecule has 1 heterocycles. The van der Waals surface area contributed by atoms with Crippen LogP contribution in [0.15, 0.2) is 22.7 Å². The lowest BCUT2D eigenvalue weighted by Crippen LogP contribution is -2.01. The van der Waals surface area contributed by atoms with Gasteiger partial charge in [0.2, 0.25) is 0 Å². The maximum absolute atomic E-state index is 9.32. The molecule has 6 heteroatoms. The quantitative estimate of drug-likeness (QED) is 0.835. The van der Waals surface area contributed by atoms with Gasteiger partial charge in [0.05, 0.1) is 13.7 Å². The Morgan fingerprint density at radius 3 is 2.90 bits per heavy atom. The summed E-state index contributed by atoms with van der Waals surface area (Å²) in [4.78, 5) is 4.22. The fraction of sp³-hybridized carbons (Fsp3) is 0.429. The van der Waals surface area contributed by atoms with Crippen molar-refractivity contribution in [3.63, 3.8) is 0 Å². The smallest absolute Gasteiger partial charge is 0.264 e. The van der Waals surface area contributed by atoms with Gasteiger partial charge >= 0.3 is 0 Å². The van der Waals surface area contributed by atoms with E-state index in [0.29, 0.717) is 28.8 Å². The maximum Gasteiger partial charge on any atom is 0.264 e. The van der Waals surface area contributed by atoms with Crippen molar-refractivity contribution in [2.24, 2.45) is 0 Å². The first kappa shape index (κ1) is 14.3. The molecule has 0 amide bonds. The standard InChI is InChI=1S/C14H18N2O4/c1-3-5-12-15-13(20-16-12)9-19-14-10(8-17)6-4-7-11(14)18-2/h4,6-7,17H,3,5,8-9H2,1-2H3. The average Bonchev–Trinajstić information content (AvgIpc) is 2.92. The first-order valence-electron chi connectivity index (χ1n) is 6.49. The van der Waals surface area contributed by atoms with E-state index in [-0.39, 0.29) is 13.2 Å². The van der Waals surface area contributed by atoms with Crippen molar-refractivity contribution in [3.8, 4) is 11.5 Å². The lowest BCUT2D eigenvalue weighted by molar-refractivity contribution is 0.220. The van der Waals surface area contributed by atoms with Crippen LogP contribution in [-0.4, -0.2) is 22.4 Å². The molecule has 0 unspecified atom stereocenters. The lowest BCUT2D eigenvalue weighted by atomic mass is 10.2. The molecule has 0 aliphatic heterocycles. The number of hydrogen-bond donors (Lipinski definition) is 1. The maximum atomic E-state index is 9.32. The number of ether oxygens (including phenoxy) is 2. The minimum atomic E-state index is -0.128. The fourth-order valence-electron chi connectivity index (χ4n) is 1.82. The Morgan fingerprint density at radius 2 is 2.20 bits per heavy atom. The first-order chi connectivity index (χ1) is 9.78. The zero-order valence-electron chi connectivity index (χ0n) is 11.6. The molecule has 0 aliphatic carbocycles. The lowest BCUT2D eigenvalue weighted by Gasteiger charge is -2.12. The third kappa shape index (κ3) is 3.27. The third-order valence-electron chi connectivity index (χ3n) is 2.77. The molecule has 0 saturated carbocycles. The van der Waals surface area contributed by atoms with Crippen molar-refractivity contribution >= 4 is 0 Å². The molecule has 0 atom stereocenters. The van der Waals surface area contributed by atoms with Gasteiger partial charge < -0.3 is 19.1 Å². The Morgan fingerprint density at radius 1 is 1.35 bits per heavy atom. The summed E-state index contributed by atoms with van der Waals surface area (Å²) in [6.45, 7) is 2.07. The van der Waals surface area contributed by atoms with Crippen molar-refractivity contribution in [2.45, 2.75) is 33.0 Å². The van der Waals surface area contributed by atoms with E-state index in [9.17, 15) is 5.11 Å². The number of aryl methyl sites for hydroxylation is 1. The van der Waals surface area contributed by atoms with Crippen LogP contribution in [0, 0.1) is 0 Å². The molecule has 0 spiro atoms. The number of nitrogens with zero attached hydrogens (tertiary/aromatic N) is 2. The van der Waals surface area contributed by atoms with Crippen molar-refractivity contribution < 1.29 is 19.1 Å². The van der Waals surface area contributed by atoms with Crippen LogP contribution in [0.25, 0.3) is 0 Å². The van der Waals surface area contributed by atoms with Gasteiger partial charge in [0, 0.05) is 12.0 Å². The average molecular weight is 278 g/mol. The molecule has 0 aliphatic rings. The van der Waals surface area contributed by atoms with E-state index < -0.39 is 0 Å². The van der Waals surface area contributed by atoms with Crippen LogP contribution >= 0.6 is 0 Å². The van der Waals surface area contributed by atoms with Crippen molar-refractivity contribution in [1.29, 1.82) is 0 Å². The van der Waals surface area contributed by atoms with Gasteiger partial charge in [-0.3, -0.25) is 0 Å². The highest BCUT2D eigenvalue weighted by Crippen LogP contribution is 2.31. The van der Waals surface area contributed by atoms with Crippen molar-refractivity contribution in [1.82, 2.24) is 10.1 Å². The second kappa shape index (κ2) is 6.91. The van der Waals surface area contributed by atoms with Gasteiger partial charge in [-0.15, -0.1) is 0 Å². The van der Waals surface area contributed by atoms with Gasteiger partial charge in [-0.1, -0.05) is 24.2 Å². The number of methoxy groups -OCH3 is 1. The van der Waals surface area contributed by atoms with Crippen molar-refractivity contribution in [3.05, 3.63) is 35.5 Å². The van der Waals surface area contributed by atoms with E-state index in [1.165, 1.54) is 0 Å². The predicted octanol–water partition coefficient (Wildman–Crippen LogP) is 2.10. The van der Waals surface area contributed by atoms with Crippen LogP contribution in [0.5, 0.6) is 11.5 Å². The molecule has 0 saturated heterocycles. The highest BCUT2D eigenvalue weighted by Gasteiger charge is 2.12. The van der Waals surface area contributed by atoms with Gasteiger partial charge in [0.1, 0.15) is 0 Å². The topological polar surface area (TPSA) is 77.6 Å². The van der Waals surface area contributed by atoms with Gasteiger partial charge in [0.15, 0.2) is 23.9 Å². The molecule has 1 aromatic heterocycles. The van der Waals surface area contributed by atoms with Crippen LogP contribution in [0.1, 0.15) is 30.6 Å². The third-order valence-corrected chi connectivity index (χ3v) is 2.77. The zero-order chi connectivity index (χ0) is 14.4. The van der Waals surface area contributed by atoms with Gasteiger partial charge in [0.25, 0.3) is 5.89 Å². The Kier molecular flexibility index (Phi) is 4.95. The number of hydrogen-bond acceptors (Lipinski definition) is 6. The van der Waals surface area contributed by atoms with Crippen molar-refractivity contribution in [2.75, 3.05) is 7.11 Å². The van der Waals surface area contributed by atoms with E-state index in [4.69, 9.17) is 14.0 Å². The molecule has 2 aromatic rings. The summed E-state index contributed by atoms with van der Waals surface area (Å²) in [6, 6.07) is 5.34. The minimum Gasteiger partial charge on any atom is -0.493 e. The monoisotopic (exact) mass is 278 g/mol. The van der Waals surface area contributed by atoms with Gasteiger partial charge in [-0.2, -0.15) is 4.98 Å². The Balaban J connectivity index is 2.09. The Bertz CT molecular complexity index is 532. The van der Waals surface area contributed by atoms with Gasteiger partial charge in [-0.25, -0.2) is 0 Å². The Labute approximate surface area is 117 Å². The van der Waals surface area contributed by atoms with Gasteiger partial charge in [-0.05, 0) is 12.5 Å². The van der Waals surface area contributed by atoms with E-state index in [0.717, 1.165) is 12.8 Å². The highest BCUT2D eigenvalue weighted by atomic mass is 16.5. The van der Waals surface area contributed by atoms with Crippen LogP contribution in [-0.2, 0) is 19.6 Å². The molecule has 6 nitrogen and oxygen atoms in total. The molecule has 1 aromatic carbocycles. The zero-order valence-corrected chi connectivity index (χ0v) is 11.6. The largest absolute Gasteiger partial charge is 0.493 e. The fourth-order valence-corrected chi connectivity index (χ4v) is 1.82.